The van der Waals surface area contributed by atoms with Gasteiger partial charge in [0.25, 0.3) is 5.91 Å². The van der Waals surface area contributed by atoms with Gasteiger partial charge < -0.3 is 15.1 Å². The lowest BCUT2D eigenvalue weighted by Gasteiger charge is -2.32. The number of halogens is 1. The Balaban J connectivity index is 2.17. The lowest BCUT2D eigenvalue weighted by Crippen LogP contribution is -2.41. The fourth-order valence-corrected chi connectivity index (χ4v) is 2.74. The summed E-state index contributed by atoms with van der Waals surface area (Å²) in [7, 11) is 0. The molecular formula is C13H16INO3. The topological polar surface area (TPSA) is 60.8 Å². The molecule has 1 aromatic carbocycles. The Labute approximate surface area is 120 Å². The predicted octanol–water partition coefficient (Wildman–Crippen LogP) is 1.84. The van der Waals surface area contributed by atoms with Crippen LogP contribution in [0.1, 0.15) is 23.2 Å². The summed E-state index contributed by atoms with van der Waals surface area (Å²) >= 11 is 2.12. The van der Waals surface area contributed by atoms with E-state index in [2.05, 4.69) is 22.6 Å². The Hall–Kier alpha value is -0.820. The summed E-state index contributed by atoms with van der Waals surface area (Å²) in [4.78, 5) is 14.0. The van der Waals surface area contributed by atoms with E-state index in [4.69, 9.17) is 0 Å². The van der Waals surface area contributed by atoms with Crippen LogP contribution >= 0.6 is 22.6 Å². The van der Waals surface area contributed by atoms with Crippen molar-refractivity contribution in [3.8, 4) is 5.75 Å². The standard InChI is InChI=1S/C13H16INO3/c14-10-3-4-12(17)11(6-10)13(18)15-5-1-2-9(7-15)8-16/h3-4,6,9,16-17H,1-2,5,7-8H2. The zero-order valence-corrected chi connectivity index (χ0v) is 12.1. The second-order valence-electron chi connectivity index (χ2n) is 4.60. The van der Waals surface area contributed by atoms with Gasteiger partial charge in [-0.25, -0.2) is 0 Å². The van der Waals surface area contributed by atoms with Gasteiger partial charge in [-0.1, -0.05) is 0 Å². The first-order valence-corrected chi connectivity index (χ1v) is 7.08. The van der Waals surface area contributed by atoms with Crippen LogP contribution in [0.15, 0.2) is 18.2 Å². The van der Waals surface area contributed by atoms with Gasteiger partial charge in [0, 0.05) is 23.3 Å². The van der Waals surface area contributed by atoms with Gasteiger partial charge in [0.1, 0.15) is 5.75 Å². The highest BCUT2D eigenvalue weighted by atomic mass is 127. The van der Waals surface area contributed by atoms with Crippen molar-refractivity contribution in [3.63, 3.8) is 0 Å². The van der Waals surface area contributed by atoms with E-state index >= 15 is 0 Å². The molecule has 5 heteroatoms. The van der Waals surface area contributed by atoms with Crippen molar-refractivity contribution in [3.05, 3.63) is 27.3 Å². The molecule has 0 saturated carbocycles. The number of aliphatic hydroxyl groups excluding tert-OH is 1. The van der Waals surface area contributed by atoms with Crippen LogP contribution in [0.25, 0.3) is 0 Å². The number of hydrogen-bond acceptors (Lipinski definition) is 3. The van der Waals surface area contributed by atoms with Crippen molar-refractivity contribution in [2.45, 2.75) is 12.8 Å². The molecule has 1 unspecified atom stereocenters. The Morgan fingerprint density at radius 3 is 3.00 bits per heavy atom. The van der Waals surface area contributed by atoms with Crippen LogP contribution in [0.4, 0.5) is 0 Å². The molecule has 1 fully saturated rings. The van der Waals surface area contributed by atoms with Crippen molar-refractivity contribution in [1.82, 2.24) is 4.90 Å². The summed E-state index contributed by atoms with van der Waals surface area (Å²) in [5.74, 6) is 0.0309. The van der Waals surface area contributed by atoms with Crippen LogP contribution < -0.4 is 0 Å². The number of amides is 1. The largest absolute Gasteiger partial charge is 0.507 e. The van der Waals surface area contributed by atoms with Crippen molar-refractivity contribution >= 4 is 28.5 Å². The number of phenols is 1. The highest BCUT2D eigenvalue weighted by molar-refractivity contribution is 14.1. The molecule has 18 heavy (non-hydrogen) atoms. The zero-order chi connectivity index (χ0) is 13.1. The monoisotopic (exact) mass is 361 g/mol. The van der Waals surface area contributed by atoms with Gasteiger partial charge in [-0.15, -0.1) is 0 Å². The van der Waals surface area contributed by atoms with E-state index in [-0.39, 0.29) is 24.2 Å². The van der Waals surface area contributed by atoms with Crippen LogP contribution in [0.2, 0.25) is 0 Å². The van der Waals surface area contributed by atoms with Crippen LogP contribution in [-0.4, -0.2) is 40.7 Å². The quantitative estimate of drug-likeness (QED) is 0.791. The molecule has 2 N–H and O–H groups in total. The molecule has 2 rings (SSSR count). The normalized spacial score (nSPS) is 19.9. The first-order valence-electron chi connectivity index (χ1n) is 6.00. The number of aliphatic hydroxyl groups is 1. The van der Waals surface area contributed by atoms with Gasteiger partial charge in [-0.2, -0.15) is 0 Å². The minimum Gasteiger partial charge on any atom is -0.507 e. The van der Waals surface area contributed by atoms with Crippen molar-refractivity contribution < 1.29 is 15.0 Å². The minimum absolute atomic E-state index is 0.0199. The number of carbonyl (C=O) groups excluding carboxylic acids is 1. The third-order valence-corrected chi connectivity index (χ3v) is 3.92. The van der Waals surface area contributed by atoms with Crippen molar-refractivity contribution in [1.29, 1.82) is 0 Å². The average Bonchev–Trinajstić information content (AvgIpc) is 2.41. The molecule has 1 atom stereocenters. The van der Waals surface area contributed by atoms with E-state index in [1.165, 1.54) is 0 Å². The first-order chi connectivity index (χ1) is 8.61. The molecule has 4 nitrogen and oxygen atoms in total. The van der Waals surface area contributed by atoms with Crippen molar-refractivity contribution in [2.24, 2.45) is 5.92 Å². The van der Waals surface area contributed by atoms with E-state index in [0.29, 0.717) is 18.7 Å². The third kappa shape index (κ3) is 2.95. The number of phenolic OH excluding ortho intramolecular Hbond substituents is 1. The summed E-state index contributed by atoms with van der Waals surface area (Å²) in [6.45, 7) is 1.38. The number of nitrogens with zero attached hydrogens (tertiary/aromatic N) is 1. The number of likely N-dealkylation sites (tertiary alicyclic amines) is 1. The molecule has 1 aromatic rings. The van der Waals surface area contributed by atoms with Gasteiger partial charge in [-0.3, -0.25) is 4.79 Å². The zero-order valence-electron chi connectivity index (χ0n) is 9.97. The van der Waals surface area contributed by atoms with E-state index in [1.807, 2.05) is 0 Å². The number of rotatable bonds is 2. The van der Waals surface area contributed by atoms with Crippen LogP contribution in [0.5, 0.6) is 5.75 Å². The Bertz CT molecular complexity index is 450. The van der Waals surface area contributed by atoms with Crippen LogP contribution in [0.3, 0.4) is 0 Å². The highest BCUT2D eigenvalue weighted by Crippen LogP contribution is 2.24. The van der Waals surface area contributed by atoms with Gasteiger partial charge in [-0.05, 0) is 59.5 Å². The molecule has 0 aliphatic carbocycles. The van der Waals surface area contributed by atoms with Crippen molar-refractivity contribution in [2.75, 3.05) is 19.7 Å². The number of benzene rings is 1. The summed E-state index contributed by atoms with van der Waals surface area (Å²) in [6, 6.07) is 5.00. The van der Waals surface area contributed by atoms with Crippen LogP contribution in [-0.2, 0) is 0 Å². The lowest BCUT2D eigenvalue weighted by atomic mass is 9.98. The molecule has 1 aliphatic heterocycles. The average molecular weight is 361 g/mol. The maximum atomic E-state index is 12.3. The second-order valence-corrected chi connectivity index (χ2v) is 5.85. The van der Waals surface area contributed by atoms with Gasteiger partial charge in [0.2, 0.25) is 0 Å². The summed E-state index contributed by atoms with van der Waals surface area (Å²) in [6.07, 6.45) is 1.86. The molecule has 0 bridgehead atoms. The Kier molecular flexibility index (Phi) is 4.45. The molecule has 1 heterocycles. The summed E-state index contributed by atoms with van der Waals surface area (Å²) in [5.41, 5.74) is 0.348. The summed E-state index contributed by atoms with van der Waals surface area (Å²) < 4.78 is 0.921. The van der Waals surface area contributed by atoms with Crippen LogP contribution in [0, 0.1) is 9.49 Å². The smallest absolute Gasteiger partial charge is 0.257 e. The molecule has 0 spiro atoms. The number of piperidine rings is 1. The fourth-order valence-electron chi connectivity index (χ4n) is 2.25. The maximum absolute atomic E-state index is 12.3. The Morgan fingerprint density at radius 1 is 1.50 bits per heavy atom. The number of carbonyl (C=O) groups is 1. The summed E-state index contributed by atoms with van der Waals surface area (Å²) in [5, 5.41) is 18.9. The SMILES string of the molecule is O=C(c1cc(I)ccc1O)N1CCCC(CO)C1. The molecule has 1 aliphatic rings. The number of hydrogen-bond donors (Lipinski definition) is 2. The van der Waals surface area contributed by atoms with Gasteiger partial charge >= 0.3 is 0 Å². The predicted molar refractivity (Wildman–Crippen MR) is 76.5 cm³/mol. The molecule has 0 aromatic heterocycles. The minimum atomic E-state index is -0.149. The van der Waals surface area contributed by atoms with E-state index in [9.17, 15) is 15.0 Å². The highest BCUT2D eigenvalue weighted by Gasteiger charge is 2.25. The first kappa shape index (κ1) is 13.6. The third-order valence-electron chi connectivity index (χ3n) is 3.25. The molecule has 1 saturated heterocycles. The van der Waals surface area contributed by atoms with E-state index in [1.54, 1.807) is 23.1 Å². The van der Waals surface area contributed by atoms with Gasteiger partial charge in [0.15, 0.2) is 0 Å². The fraction of sp³-hybridized carbons (Fsp3) is 0.462. The molecule has 98 valence electrons. The Morgan fingerprint density at radius 2 is 2.28 bits per heavy atom. The number of aromatic hydroxyl groups is 1. The maximum Gasteiger partial charge on any atom is 0.257 e. The molecule has 1 amide bonds. The molecule has 0 radical (unpaired) electrons. The van der Waals surface area contributed by atoms with E-state index < -0.39 is 0 Å². The van der Waals surface area contributed by atoms with Gasteiger partial charge in [0.05, 0.1) is 5.56 Å². The molecular weight excluding hydrogens is 345 g/mol. The lowest BCUT2D eigenvalue weighted by molar-refractivity contribution is 0.0618. The second kappa shape index (κ2) is 5.88. The van der Waals surface area contributed by atoms with E-state index in [0.717, 1.165) is 16.4 Å².